The van der Waals surface area contributed by atoms with E-state index in [2.05, 4.69) is 102 Å². The average molecular weight is 764 g/mol. The first-order valence-corrected chi connectivity index (χ1v) is 17.5. The van der Waals surface area contributed by atoms with Crippen LogP contribution in [0.1, 0.15) is 112 Å². The van der Waals surface area contributed by atoms with Crippen molar-refractivity contribution in [1.29, 1.82) is 0 Å². The predicted octanol–water partition coefficient (Wildman–Crippen LogP) is 11.0. The second-order valence-electron chi connectivity index (χ2n) is 12.6. The third kappa shape index (κ3) is 12.4. The first-order chi connectivity index (χ1) is 23.3. The molecule has 0 aliphatic heterocycles. The van der Waals surface area contributed by atoms with Gasteiger partial charge in [-0.3, -0.25) is 9.98 Å². The van der Waals surface area contributed by atoms with Gasteiger partial charge in [0.05, 0.1) is 30.9 Å². The van der Waals surface area contributed by atoms with Crippen molar-refractivity contribution in [3.63, 3.8) is 0 Å². The van der Waals surface area contributed by atoms with Crippen molar-refractivity contribution in [1.82, 2.24) is 0 Å². The van der Waals surface area contributed by atoms with Gasteiger partial charge in [-0.25, -0.2) is 0 Å². The minimum atomic E-state index is -0.133. The Bertz CT molecular complexity index is 1510. The largest absolute Gasteiger partial charge is 2.00 e. The molecule has 0 fully saturated rings. The molecule has 4 aromatic rings. The number of halogens is 2. The van der Waals surface area contributed by atoms with Gasteiger partial charge in [-0.15, -0.1) is 23.2 Å². The molecule has 6 nitrogen and oxygen atoms in total. The van der Waals surface area contributed by atoms with Crippen LogP contribution in [-0.2, 0) is 16.5 Å². The Morgan fingerprint density at radius 2 is 0.800 bits per heavy atom. The van der Waals surface area contributed by atoms with Gasteiger partial charge in [0, 0.05) is 12.4 Å². The minimum Gasteiger partial charge on any atom is -0.870 e. The van der Waals surface area contributed by atoms with Gasteiger partial charge in [0.1, 0.15) is 11.5 Å². The predicted molar refractivity (Wildman–Crippen MR) is 205 cm³/mol. The summed E-state index contributed by atoms with van der Waals surface area (Å²) in [6.45, 7) is 17.2. The number of hydrogen-bond acceptors (Lipinski definition) is 6. The van der Waals surface area contributed by atoms with Gasteiger partial charge in [-0.05, 0) is 69.2 Å². The van der Waals surface area contributed by atoms with E-state index < -0.39 is 0 Å². The molecule has 0 aliphatic rings. The molecule has 272 valence electrons. The first-order valence-electron chi connectivity index (χ1n) is 16.5. The van der Waals surface area contributed by atoms with Crippen LogP contribution in [0.25, 0.3) is 0 Å². The smallest absolute Gasteiger partial charge is 0.870 e. The fraction of sp³-hybridized carbons (Fsp3) is 0.366. The fourth-order valence-corrected chi connectivity index (χ4v) is 5.18. The molecule has 0 saturated heterocycles. The van der Waals surface area contributed by atoms with Crippen molar-refractivity contribution in [3.05, 3.63) is 106 Å². The van der Waals surface area contributed by atoms with Gasteiger partial charge in [0.25, 0.3) is 0 Å². The standard InChI is InChI=1S/2C20H25NO2.CH2Cl2.Ni/c2*1-13(2)16-9-7-10-17(14(3)4)19(16)21-12-15-8-6-11-18(23-5)20(15)22;2-1-3;/h2*6-14,22H,1-5H3;1H2;/q;;;+2/p-2. The first kappa shape index (κ1) is 44.5. The molecule has 4 aromatic carbocycles. The summed E-state index contributed by atoms with van der Waals surface area (Å²) in [6.07, 6.45) is 3.30. The minimum absolute atomic E-state index is 0. The average Bonchev–Trinajstić information content (AvgIpc) is 3.07. The van der Waals surface area contributed by atoms with E-state index in [1.165, 1.54) is 36.5 Å². The van der Waals surface area contributed by atoms with E-state index in [4.69, 9.17) is 32.7 Å². The van der Waals surface area contributed by atoms with Crippen molar-refractivity contribution in [3.8, 4) is 23.0 Å². The fourth-order valence-electron chi connectivity index (χ4n) is 5.18. The van der Waals surface area contributed by atoms with Crippen LogP contribution < -0.4 is 19.7 Å². The van der Waals surface area contributed by atoms with Gasteiger partial charge >= 0.3 is 16.5 Å². The maximum atomic E-state index is 12.2. The summed E-state index contributed by atoms with van der Waals surface area (Å²) in [5.74, 6) is 1.91. The Morgan fingerprint density at radius 3 is 1.04 bits per heavy atom. The van der Waals surface area contributed by atoms with Crippen molar-refractivity contribution >= 4 is 47.0 Å². The molecule has 0 heterocycles. The van der Waals surface area contributed by atoms with E-state index in [0.29, 0.717) is 46.3 Å². The van der Waals surface area contributed by atoms with E-state index in [1.54, 1.807) is 48.8 Å². The van der Waals surface area contributed by atoms with E-state index in [1.807, 2.05) is 0 Å². The summed E-state index contributed by atoms with van der Waals surface area (Å²) < 4.78 is 10.2. The zero-order valence-electron chi connectivity index (χ0n) is 30.7. The van der Waals surface area contributed by atoms with E-state index in [9.17, 15) is 10.2 Å². The monoisotopic (exact) mass is 762 g/mol. The van der Waals surface area contributed by atoms with Gasteiger partial charge in [-0.1, -0.05) is 128 Å². The Hall–Kier alpha value is -3.51. The maximum Gasteiger partial charge on any atom is 2.00 e. The molecule has 0 spiro atoms. The van der Waals surface area contributed by atoms with Crippen LogP contribution in [0.3, 0.4) is 0 Å². The zero-order valence-corrected chi connectivity index (χ0v) is 33.2. The molecule has 0 bridgehead atoms. The molecule has 0 aromatic heterocycles. The number of alkyl halides is 2. The number of ether oxygens (including phenoxy) is 2. The van der Waals surface area contributed by atoms with Crippen molar-refractivity contribution in [2.75, 3.05) is 19.6 Å². The van der Waals surface area contributed by atoms with Crippen molar-refractivity contribution in [2.24, 2.45) is 9.98 Å². The zero-order chi connectivity index (χ0) is 36.7. The normalized spacial score (nSPS) is 11.0. The number of benzene rings is 4. The van der Waals surface area contributed by atoms with Crippen LogP contribution >= 0.6 is 23.2 Å². The summed E-state index contributed by atoms with van der Waals surface area (Å²) in [5, 5.41) is 24.7. The molecule has 9 heteroatoms. The summed E-state index contributed by atoms with van der Waals surface area (Å²) in [5.41, 5.74) is 7.81. The summed E-state index contributed by atoms with van der Waals surface area (Å²) >= 11 is 9.53. The number of hydrogen-bond donors (Lipinski definition) is 0. The van der Waals surface area contributed by atoms with Gasteiger partial charge in [0.15, 0.2) is 0 Å². The maximum absolute atomic E-state index is 12.2. The van der Waals surface area contributed by atoms with Gasteiger partial charge in [-0.2, -0.15) is 0 Å². The molecule has 0 unspecified atom stereocenters. The SMILES string of the molecule is COc1cccc(C=Nc2c(C(C)C)cccc2C(C)C)c1[O-].COc1cccc(C=Nc2c(C(C)C)cccc2C(C)C)c1[O-].ClCCl.[Ni+2]. The second kappa shape index (κ2) is 22.3. The number of para-hydroxylation sites is 4. The molecule has 0 amide bonds. The molecule has 4 rings (SSSR count). The molecule has 0 saturated carbocycles. The van der Waals surface area contributed by atoms with E-state index in [0.717, 1.165) is 11.4 Å². The van der Waals surface area contributed by atoms with Crippen LogP contribution in [0.4, 0.5) is 11.4 Å². The number of aliphatic imine (C=N–C) groups is 2. The Morgan fingerprint density at radius 1 is 0.540 bits per heavy atom. The van der Waals surface area contributed by atoms with Crippen LogP contribution in [0.5, 0.6) is 23.0 Å². The Labute approximate surface area is 319 Å². The number of methoxy groups -OCH3 is 2. The number of nitrogens with zero attached hydrogens (tertiary/aromatic N) is 2. The van der Waals surface area contributed by atoms with Crippen LogP contribution in [0.2, 0.25) is 0 Å². The van der Waals surface area contributed by atoms with Crippen LogP contribution in [-0.4, -0.2) is 32.0 Å². The van der Waals surface area contributed by atoms with E-state index in [-0.39, 0.29) is 33.3 Å². The molecule has 0 aliphatic carbocycles. The van der Waals surface area contributed by atoms with E-state index >= 15 is 0 Å². The van der Waals surface area contributed by atoms with Crippen LogP contribution in [0, 0.1) is 0 Å². The van der Waals surface area contributed by atoms with Crippen molar-refractivity contribution in [2.45, 2.75) is 79.1 Å². The Kier molecular flexibility index (Phi) is 19.9. The second-order valence-corrected chi connectivity index (χ2v) is 13.4. The molecule has 0 atom stereocenters. The quantitative estimate of drug-likeness (QED) is 0.0914. The summed E-state index contributed by atoms with van der Waals surface area (Å²) in [4.78, 5) is 9.35. The molecular formula is C41H50Cl2N2NiO4. The molecule has 0 radical (unpaired) electrons. The summed E-state index contributed by atoms with van der Waals surface area (Å²) in [6, 6.07) is 23.0. The van der Waals surface area contributed by atoms with Crippen molar-refractivity contribution < 1.29 is 36.2 Å². The molecular weight excluding hydrogens is 714 g/mol. The van der Waals surface area contributed by atoms with Gasteiger partial charge < -0.3 is 19.7 Å². The third-order valence-electron chi connectivity index (χ3n) is 7.81. The summed E-state index contributed by atoms with van der Waals surface area (Å²) in [7, 11) is 3.01. The van der Waals surface area contributed by atoms with Crippen LogP contribution in [0.15, 0.2) is 82.8 Å². The molecule has 0 N–H and O–H groups in total. The van der Waals surface area contributed by atoms with Gasteiger partial charge in [0.2, 0.25) is 0 Å². The number of rotatable bonds is 10. The third-order valence-corrected chi connectivity index (χ3v) is 7.81. The molecule has 50 heavy (non-hydrogen) atoms. The Balaban J connectivity index is 0.000000455. The topological polar surface area (TPSA) is 89.3 Å².